The predicted octanol–water partition coefficient (Wildman–Crippen LogP) is 2.27. The molecule has 1 fully saturated rings. The fourth-order valence-corrected chi connectivity index (χ4v) is 3.59. The van der Waals surface area contributed by atoms with Crippen LogP contribution in [0.3, 0.4) is 0 Å². The summed E-state index contributed by atoms with van der Waals surface area (Å²) < 4.78 is 5.09. The van der Waals surface area contributed by atoms with Crippen LogP contribution in [0.4, 0.5) is 0 Å². The first-order valence-corrected chi connectivity index (χ1v) is 8.78. The maximum atomic E-state index is 11.7. The standard InChI is InChI=1S/C13H16N2O4S2/c1-18-12-6-5-11(16)15(12)19-13(17)7-9-20-21-10-4-2-3-8-14-10/h2-4,8,12H,5-7,9H2,1H3. The van der Waals surface area contributed by atoms with Crippen LogP contribution in [-0.2, 0) is 19.2 Å². The molecular formula is C13H16N2O4S2. The lowest BCUT2D eigenvalue weighted by Gasteiger charge is -2.21. The van der Waals surface area contributed by atoms with E-state index in [4.69, 9.17) is 9.57 Å². The van der Waals surface area contributed by atoms with Gasteiger partial charge in [-0.05, 0) is 22.9 Å². The lowest BCUT2D eigenvalue weighted by molar-refractivity contribution is -0.224. The number of hydrogen-bond donors (Lipinski definition) is 0. The highest BCUT2D eigenvalue weighted by Crippen LogP contribution is 2.29. The van der Waals surface area contributed by atoms with Crippen molar-refractivity contribution >= 4 is 33.5 Å². The van der Waals surface area contributed by atoms with Gasteiger partial charge >= 0.3 is 5.97 Å². The highest BCUT2D eigenvalue weighted by Gasteiger charge is 2.34. The molecule has 1 saturated heterocycles. The Labute approximate surface area is 130 Å². The molecule has 1 aromatic rings. The topological polar surface area (TPSA) is 68.7 Å². The van der Waals surface area contributed by atoms with Crippen LogP contribution in [0.2, 0.25) is 0 Å². The van der Waals surface area contributed by atoms with Gasteiger partial charge in [-0.25, -0.2) is 9.78 Å². The van der Waals surface area contributed by atoms with Crippen molar-refractivity contribution in [3.8, 4) is 0 Å². The molecule has 114 valence electrons. The Kier molecular flexibility index (Phi) is 6.34. The first kappa shape index (κ1) is 16.1. The van der Waals surface area contributed by atoms with Crippen LogP contribution >= 0.6 is 21.6 Å². The average molecular weight is 328 g/mol. The van der Waals surface area contributed by atoms with Gasteiger partial charge in [-0.1, -0.05) is 16.9 Å². The van der Waals surface area contributed by atoms with Crippen molar-refractivity contribution in [3.63, 3.8) is 0 Å². The highest BCUT2D eigenvalue weighted by molar-refractivity contribution is 8.76. The molecule has 21 heavy (non-hydrogen) atoms. The molecule has 6 nitrogen and oxygen atoms in total. The number of aromatic nitrogens is 1. The van der Waals surface area contributed by atoms with Crippen molar-refractivity contribution in [2.24, 2.45) is 0 Å². The fraction of sp³-hybridized carbons (Fsp3) is 0.462. The second-order valence-electron chi connectivity index (χ2n) is 4.24. The molecule has 1 aliphatic heterocycles. The van der Waals surface area contributed by atoms with E-state index in [1.165, 1.54) is 28.7 Å². The van der Waals surface area contributed by atoms with E-state index in [0.717, 1.165) is 10.1 Å². The second kappa shape index (κ2) is 8.26. The van der Waals surface area contributed by atoms with Crippen molar-refractivity contribution in [1.29, 1.82) is 0 Å². The first-order chi connectivity index (χ1) is 10.2. The monoisotopic (exact) mass is 328 g/mol. The highest BCUT2D eigenvalue weighted by atomic mass is 33.1. The normalized spacial score (nSPS) is 18.0. The quantitative estimate of drug-likeness (QED) is 0.562. The minimum Gasteiger partial charge on any atom is -0.358 e. The summed E-state index contributed by atoms with van der Waals surface area (Å²) in [6.45, 7) is 0. The minimum absolute atomic E-state index is 0.217. The molecular weight excluding hydrogens is 312 g/mol. The van der Waals surface area contributed by atoms with Crippen LogP contribution in [0, 0.1) is 0 Å². The van der Waals surface area contributed by atoms with E-state index in [2.05, 4.69) is 4.98 Å². The zero-order valence-electron chi connectivity index (χ0n) is 11.6. The molecule has 0 radical (unpaired) electrons. The number of carbonyl (C=O) groups is 2. The largest absolute Gasteiger partial charge is 0.358 e. The van der Waals surface area contributed by atoms with E-state index >= 15 is 0 Å². The predicted molar refractivity (Wildman–Crippen MR) is 80.1 cm³/mol. The van der Waals surface area contributed by atoms with E-state index < -0.39 is 12.2 Å². The number of pyridine rings is 1. The molecule has 0 bridgehead atoms. The summed E-state index contributed by atoms with van der Waals surface area (Å²) in [4.78, 5) is 32.5. The number of nitrogens with zero attached hydrogens (tertiary/aromatic N) is 2. The van der Waals surface area contributed by atoms with Gasteiger partial charge in [0.1, 0.15) is 5.03 Å². The van der Waals surface area contributed by atoms with E-state index in [-0.39, 0.29) is 12.3 Å². The Hall–Kier alpha value is -1.25. The van der Waals surface area contributed by atoms with Crippen molar-refractivity contribution in [3.05, 3.63) is 24.4 Å². The van der Waals surface area contributed by atoms with Crippen molar-refractivity contribution in [1.82, 2.24) is 10.0 Å². The summed E-state index contributed by atoms with van der Waals surface area (Å²) in [5.41, 5.74) is 0. The Bertz CT molecular complexity index is 486. The summed E-state index contributed by atoms with van der Waals surface area (Å²) >= 11 is 0. The minimum atomic E-state index is -0.461. The van der Waals surface area contributed by atoms with Gasteiger partial charge in [-0.2, -0.15) is 0 Å². The molecule has 0 saturated carbocycles. The molecule has 2 heterocycles. The van der Waals surface area contributed by atoms with Gasteiger partial charge in [0.2, 0.25) is 0 Å². The van der Waals surface area contributed by atoms with E-state index in [1.807, 2.05) is 18.2 Å². The fourth-order valence-electron chi connectivity index (χ4n) is 1.74. The molecule has 2 rings (SSSR count). The summed E-state index contributed by atoms with van der Waals surface area (Å²) in [6.07, 6.45) is 2.38. The number of methoxy groups -OCH3 is 1. The van der Waals surface area contributed by atoms with Crippen molar-refractivity contribution in [2.75, 3.05) is 12.9 Å². The first-order valence-electron chi connectivity index (χ1n) is 6.47. The molecule has 0 spiro atoms. The maximum absolute atomic E-state index is 11.7. The summed E-state index contributed by atoms with van der Waals surface area (Å²) in [5.74, 6) is -0.0631. The van der Waals surface area contributed by atoms with Gasteiger partial charge in [0, 0.05) is 31.9 Å². The molecule has 8 heteroatoms. The van der Waals surface area contributed by atoms with Crippen molar-refractivity contribution in [2.45, 2.75) is 30.5 Å². The van der Waals surface area contributed by atoms with Gasteiger partial charge < -0.3 is 9.57 Å². The van der Waals surface area contributed by atoms with Crippen LogP contribution in [0.15, 0.2) is 29.4 Å². The Morgan fingerprint density at radius 2 is 2.38 bits per heavy atom. The molecule has 1 unspecified atom stereocenters. The van der Waals surface area contributed by atoms with E-state index in [1.54, 1.807) is 6.20 Å². The molecule has 1 atom stereocenters. The number of carbonyl (C=O) groups excluding carboxylic acids is 2. The molecule has 1 aliphatic rings. The summed E-state index contributed by atoms with van der Waals surface area (Å²) in [6, 6.07) is 5.67. The van der Waals surface area contributed by atoms with Crippen LogP contribution in [0.25, 0.3) is 0 Å². The number of amides is 1. The third-order valence-electron chi connectivity index (χ3n) is 2.76. The maximum Gasteiger partial charge on any atom is 0.333 e. The Balaban J connectivity index is 1.67. The van der Waals surface area contributed by atoms with Gasteiger partial charge in [0.25, 0.3) is 5.91 Å². The number of hydrogen-bond acceptors (Lipinski definition) is 7. The second-order valence-corrected chi connectivity index (χ2v) is 6.67. The zero-order valence-corrected chi connectivity index (χ0v) is 13.2. The van der Waals surface area contributed by atoms with Crippen LogP contribution in [0.1, 0.15) is 19.3 Å². The van der Waals surface area contributed by atoms with Crippen LogP contribution in [0.5, 0.6) is 0 Å². The number of hydroxylamine groups is 2. The molecule has 1 amide bonds. The average Bonchev–Trinajstić information content (AvgIpc) is 2.85. The van der Waals surface area contributed by atoms with Crippen LogP contribution < -0.4 is 0 Å². The van der Waals surface area contributed by atoms with Gasteiger partial charge in [-0.15, -0.1) is 5.06 Å². The van der Waals surface area contributed by atoms with E-state index in [9.17, 15) is 9.59 Å². The third kappa shape index (κ3) is 4.90. The number of ether oxygens (including phenoxy) is 1. The summed E-state index contributed by atoms with van der Waals surface area (Å²) in [5, 5.41) is 1.93. The van der Waals surface area contributed by atoms with Gasteiger partial charge in [-0.3, -0.25) is 4.79 Å². The Morgan fingerprint density at radius 3 is 3.10 bits per heavy atom. The lowest BCUT2D eigenvalue weighted by Crippen LogP contribution is -2.36. The molecule has 0 aromatic carbocycles. The van der Waals surface area contributed by atoms with Gasteiger partial charge in [0.15, 0.2) is 6.23 Å². The van der Waals surface area contributed by atoms with Gasteiger partial charge in [0.05, 0.1) is 6.42 Å². The summed E-state index contributed by atoms with van der Waals surface area (Å²) in [7, 11) is 4.51. The lowest BCUT2D eigenvalue weighted by atomic mass is 10.4. The Morgan fingerprint density at radius 1 is 1.52 bits per heavy atom. The number of rotatable bonds is 7. The zero-order chi connectivity index (χ0) is 15.1. The third-order valence-corrected chi connectivity index (χ3v) is 5.02. The van der Waals surface area contributed by atoms with Crippen molar-refractivity contribution < 1.29 is 19.2 Å². The smallest absolute Gasteiger partial charge is 0.333 e. The molecule has 0 N–H and O–H groups in total. The van der Waals surface area contributed by atoms with Crippen LogP contribution in [-0.4, -0.2) is 41.0 Å². The SMILES string of the molecule is COC1CCC(=O)N1OC(=O)CCSSc1ccccn1. The van der Waals surface area contributed by atoms with E-state index in [0.29, 0.717) is 18.6 Å². The molecule has 0 aliphatic carbocycles. The molecule has 1 aromatic heterocycles.